The molecule has 0 amide bonds. The summed E-state index contributed by atoms with van der Waals surface area (Å²) in [5.41, 5.74) is 10.3. The molecule has 0 bridgehead atoms. The highest BCUT2D eigenvalue weighted by molar-refractivity contribution is 7.27. The van der Waals surface area contributed by atoms with Crippen LogP contribution in [0, 0.1) is 0 Å². The zero-order valence-electron chi connectivity index (χ0n) is 31.0. The molecule has 0 aliphatic heterocycles. The number of aromatic nitrogens is 5. The minimum absolute atomic E-state index is 0.624. The van der Waals surface area contributed by atoms with Crippen LogP contribution in [0.25, 0.3) is 115 Å². The van der Waals surface area contributed by atoms with Gasteiger partial charge in [-0.15, -0.1) is 11.3 Å². The number of hydrogen-bond donors (Lipinski definition) is 0. The first kappa shape index (κ1) is 32.7. The highest BCUT2D eigenvalue weighted by Gasteiger charge is 2.20. The fourth-order valence-corrected chi connectivity index (χ4v) is 9.65. The van der Waals surface area contributed by atoms with Crippen molar-refractivity contribution in [3.05, 3.63) is 188 Å². The number of imidazole rings is 1. The van der Waals surface area contributed by atoms with Crippen LogP contribution in [0.15, 0.2) is 188 Å². The van der Waals surface area contributed by atoms with Gasteiger partial charge in [0.2, 0.25) is 0 Å². The molecule has 270 valence electrons. The van der Waals surface area contributed by atoms with Crippen LogP contribution in [0.2, 0.25) is 0 Å². The van der Waals surface area contributed by atoms with Gasteiger partial charge in [-0.25, -0.2) is 19.9 Å². The number of pyridine rings is 1. The molecule has 0 unspecified atom stereocenters. The zero-order chi connectivity index (χ0) is 38.2. The Kier molecular flexibility index (Phi) is 7.33. The predicted molar refractivity (Wildman–Crippen MR) is 241 cm³/mol. The van der Waals surface area contributed by atoms with Crippen molar-refractivity contribution >= 4 is 69.7 Å². The predicted octanol–water partition coefficient (Wildman–Crippen LogP) is 13.7. The van der Waals surface area contributed by atoms with E-state index in [1.165, 1.54) is 41.9 Å². The third kappa shape index (κ3) is 5.23. The molecule has 6 heteroatoms. The minimum atomic E-state index is 0.624. The SMILES string of the molecule is c1ccc(-c2ccc(-c3nc(-c4ccccc4)nc(-c4ccc(-c5cc6c7ccc8ccccc8c7sc6c6nc7c8ccccc8ccc7n56)cc4)n3)cc2)cc1. The van der Waals surface area contributed by atoms with E-state index in [2.05, 4.69) is 156 Å². The van der Waals surface area contributed by atoms with E-state index in [4.69, 9.17) is 19.9 Å². The third-order valence-electron chi connectivity index (χ3n) is 11.2. The molecule has 0 fully saturated rings. The van der Waals surface area contributed by atoms with Crippen molar-refractivity contribution in [3.8, 4) is 56.5 Å². The normalized spacial score (nSPS) is 11.8. The standard InChI is InChI=1S/C52H31N5S/c1-3-11-32(12-4-1)33-19-23-38(24-20-33)50-54-49(37-15-5-2-6-16-37)55-51(56-50)39-25-21-36(22-26-39)45-31-43-42-29-27-35-14-8-10-18-41(35)47(42)58-48(43)52-53-46-40-17-9-7-13-34(40)28-30-44(46)57(45)52/h1-31H. The molecule has 0 atom stereocenters. The van der Waals surface area contributed by atoms with Gasteiger partial charge in [0.1, 0.15) is 0 Å². The summed E-state index contributed by atoms with van der Waals surface area (Å²) in [4.78, 5) is 20.5. The molecule has 0 aliphatic rings. The van der Waals surface area contributed by atoms with Crippen LogP contribution in [0.4, 0.5) is 0 Å². The molecule has 8 aromatic carbocycles. The second kappa shape index (κ2) is 13.0. The van der Waals surface area contributed by atoms with E-state index in [0.717, 1.165) is 55.6 Å². The van der Waals surface area contributed by atoms with Crippen LogP contribution in [0.3, 0.4) is 0 Å². The van der Waals surface area contributed by atoms with Gasteiger partial charge in [0.05, 0.1) is 21.4 Å². The molecule has 0 aliphatic carbocycles. The Morgan fingerprint density at radius 2 is 0.845 bits per heavy atom. The van der Waals surface area contributed by atoms with Gasteiger partial charge in [-0.05, 0) is 45.0 Å². The lowest BCUT2D eigenvalue weighted by Crippen LogP contribution is -2.00. The van der Waals surface area contributed by atoms with Gasteiger partial charge in [-0.1, -0.05) is 176 Å². The minimum Gasteiger partial charge on any atom is -0.291 e. The first-order chi connectivity index (χ1) is 28.7. The Labute approximate surface area is 337 Å². The van der Waals surface area contributed by atoms with E-state index in [0.29, 0.717) is 17.5 Å². The lowest BCUT2D eigenvalue weighted by atomic mass is 10.0. The summed E-state index contributed by atoms with van der Waals surface area (Å²) >= 11 is 1.84. The quantitative estimate of drug-likeness (QED) is 0.175. The molecule has 0 radical (unpaired) electrons. The monoisotopic (exact) mass is 757 g/mol. The lowest BCUT2D eigenvalue weighted by molar-refractivity contribution is 1.07. The number of nitrogens with zero attached hydrogens (tertiary/aromatic N) is 5. The molecule has 12 aromatic rings. The molecule has 0 saturated heterocycles. The van der Waals surface area contributed by atoms with Crippen LogP contribution in [-0.4, -0.2) is 24.3 Å². The molecule has 12 rings (SSSR count). The van der Waals surface area contributed by atoms with Crippen molar-refractivity contribution in [1.82, 2.24) is 24.3 Å². The van der Waals surface area contributed by atoms with Gasteiger partial charge < -0.3 is 0 Å². The molecule has 0 spiro atoms. The summed E-state index contributed by atoms with van der Waals surface area (Å²) in [7, 11) is 0. The fraction of sp³-hybridized carbons (Fsp3) is 0. The molecule has 0 saturated carbocycles. The summed E-state index contributed by atoms with van der Waals surface area (Å²) < 4.78 is 4.83. The average molecular weight is 758 g/mol. The number of thiophene rings is 1. The van der Waals surface area contributed by atoms with E-state index in [9.17, 15) is 0 Å². The van der Waals surface area contributed by atoms with E-state index in [-0.39, 0.29) is 0 Å². The van der Waals surface area contributed by atoms with Gasteiger partial charge >= 0.3 is 0 Å². The number of rotatable bonds is 5. The molecular weight excluding hydrogens is 727 g/mol. The maximum Gasteiger partial charge on any atom is 0.164 e. The molecule has 0 N–H and O–H groups in total. The topological polar surface area (TPSA) is 56.0 Å². The Hall–Kier alpha value is -7.54. The summed E-state index contributed by atoms with van der Waals surface area (Å²) in [5.74, 6) is 1.89. The Balaban J connectivity index is 1.03. The highest BCUT2D eigenvalue weighted by Crippen LogP contribution is 2.44. The van der Waals surface area contributed by atoms with Gasteiger partial charge in [0.25, 0.3) is 0 Å². The molecule has 4 heterocycles. The van der Waals surface area contributed by atoms with Gasteiger partial charge in [-0.3, -0.25) is 4.40 Å². The summed E-state index contributed by atoms with van der Waals surface area (Å²) in [6.07, 6.45) is 0. The van der Waals surface area contributed by atoms with Gasteiger partial charge in [0, 0.05) is 37.5 Å². The number of benzene rings is 8. The lowest BCUT2D eigenvalue weighted by Gasteiger charge is -2.11. The Morgan fingerprint density at radius 1 is 0.345 bits per heavy atom. The first-order valence-electron chi connectivity index (χ1n) is 19.4. The van der Waals surface area contributed by atoms with Crippen LogP contribution >= 0.6 is 11.3 Å². The fourth-order valence-electron chi connectivity index (χ4n) is 8.36. The summed E-state index contributed by atoms with van der Waals surface area (Å²) in [6.45, 7) is 0. The second-order valence-electron chi connectivity index (χ2n) is 14.7. The van der Waals surface area contributed by atoms with E-state index in [1.54, 1.807) is 0 Å². The maximum atomic E-state index is 5.44. The molecule has 5 nitrogen and oxygen atoms in total. The van der Waals surface area contributed by atoms with Crippen LogP contribution in [0.5, 0.6) is 0 Å². The second-order valence-corrected chi connectivity index (χ2v) is 15.7. The smallest absolute Gasteiger partial charge is 0.164 e. The van der Waals surface area contributed by atoms with Crippen LogP contribution < -0.4 is 0 Å². The Bertz CT molecular complexity index is 3540. The Morgan fingerprint density at radius 3 is 1.52 bits per heavy atom. The van der Waals surface area contributed by atoms with E-state index < -0.39 is 0 Å². The van der Waals surface area contributed by atoms with Crippen molar-refractivity contribution in [2.24, 2.45) is 0 Å². The number of fused-ring (bicyclic) bond motifs is 11. The van der Waals surface area contributed by atoms with Gasteiger partial charge in [-0.2, -0.15) is 0 Å². The zero-order valence-corrected chi connectivity index (χ0v) is 31.9. The van der Waals surface area contributed by atoms with Crippen molar-refractivity contribution in [3.63, 3.8) is 0 Å². The molecule has 58 heavy (non-hydrogen) atoms. The van der Waals surface area contributed by atoms with Gasteiger partial charge in [0.15, 0.2) is 23.1 Å². The van der Waals surface area contributed by atoms with E-state index >= 15 is 0 Å². The van der Waals surface area contributed by atoms with Crippen molar-refractivity contribution in [1.29, 1.82) is 0 Å². The summed E-state index contributed by atoms with van der Waals surface area (Å²) in [6, 6.07) is 66.1. The largest absolute Gasteiger partial charge is 0.291 e. The average Bonchev–Trinajstić information content (AvgIpc) is 3.89. The number of hydrogen-bond acceptors (Lipinski definition) is 5. The van der Waals surface area contributed by atoms with Crippen molar-refractivity contribution in [2.75, 3.05) is 0 Å². The molecule has 4 aromatic heterocycles. The van der Waals surface area contributed by atoms with Crippen molar-refractivity contribution < 1.29 is 0 Å². The van der Waals surface area contributed by atoms with Crippen LogP contribution in [-0.2, 0) is 0 Å². The maximum absolute atomic E-state index is 5.44. The van der Waals surface area contributed by atoms with Crippen molar-refractivity contribution in [2.45, 2.75) is 0 Å². The molecular formula is C52H31N5S. The summed E-state index contributed by atoms with van der Waals surface area (Å²) in [5, 5.41) is 7.31. The van der Waals surface area contributed by atoms with Crippen LogP contribution in [0.1, 0.15) is 0 Å². The highest BCUT2D eigenvalue weighted by atomic mass is 32.1. The first-order valence-corrected chi connectivity index (χ1v) is 20.2. The van der Waals surface area contributed by atoms with E-state index in [1.807, 2.05) is 47.7 Å². The third-order valence-corrected chi connectivity index (χ3v) is 12.5.